The maximum absolute atomic E-state index is 11.1. The van der Waals surface area contributed by atoms with E-state index in [0.29, 0.717) is 19.1 Å². The molecule has 1 aromatic carbocycles. The first kappa shape index (κ1) is 11.4. The number of fused-ring (bicyclic) bond motifs is 1. The SMILES string of the molecule is CC(Cc1ccc2c(c1)OCO2)[C@@H]1CCC(=O)O1. The minimum absolute atomic E-state index is 0.0583. The van der Waals surface area contributed by atoms with Crippen molar-refractivity contribution in [2.24, 2.45) is 5.92 Å². The average Bonchev–Trinajstić information content (AvgIpc) is 2.96. The van der Waals surface area contributed by atoms with Gasteiger partial charge in [-0.3, -0.25) is 4.79 Å². The molecule has 18 heavy (non-hydrogen) atoms. The number of esters is 1. The van der Waals surface area contributed by atoms with Crippen molar-refractivity contribution in [1.82, 2.24) is 0 Å². The first-order chi connectivity index (χ1) is 8.72. The minimum atomic E-state index is -0.0717. The highest BCUT2D eigenvalue weighted by atomic mass is 16.7. The smallest absolute Gasteiger partial charge is 0.306 e. The highest BCUT2D eigenvalue weighted by Gasteiger charge is 2.28. The van der Waals surface area contributed by atoms with E-state index in [9.17, 15) is 4.79 Å². The molecule has 4 nitrogen and oxygen atoms in total. The molecular formula is C14H16O4. The number of ether oxygens (including phenoxy) is 3. The normalized spacial score (nSPS) is 22.9. The number of hydrogen-bond acceptors (Lipinski definition) is 4. The molecule has 2 aliphatic rings. The largest absolute Gasteiger partial charge is 0.462 e. The fraction of sp³-hybridized carbons (Fsp3) is 0.500. The molecule has 2 heterocycles. The second kappa shape index (κ2) is 4.52. The average molecular weight is 248 g/mol. The Hall–Kier alpha value is -1.71. The van der Waals surface area contributed by atoms with E-state index in [0.717, 1.165) is 24.3 Å². The number of carbonyl (C=O) groups excluding carboxylic acids is 1. The lowest BCUT2D eigenvalue weighted by molar-refractivity contribution is -0.142. The van der Waals surface area contributed by atoms with E-state index in [-0.39, 0.29) is 12.1 Å². The Morgan fingerprint density at radius 2 is 2.17 bits per heavy atom. The van der Waals surface area contributed by atoms with Crippen LogP contribution in [0.5, 0.6) is 11.5 Å². The molecule has 1 saturated heterocycles. The summed E-state index contributed by atoms with van der Waals surface area (Å²) in [6.45, 7) is 2.42. The van der Waals surface area contributed by atoms with Gasteiger partial charge in [0, 0.05) is 6.42 Å². The monoisotopic (exact) mass is 248 g/mol. The van der Waals surface area contributed by atoms with Crippen LogP contribution in [-0.2, 0) is 16.0 Å². The zero-order valence-electron chi connectivity index (χ0n) is 10.3. The summed E-state index contributed by atoms with van der Waals surface area (Å²) in [7, 11) is 0. The van der Waals surface area contributed by atoms with Crippen LogP contribution >= 0.6 is 0 Å². The van der Waals surface area contributed by atoms with Crippen molar-refractivity contribution in [1.29, 1.82) is 0 Å². The van der Waals surface area contributed by atoms with Gasteiger partial charge < -0.3 is 14.2 Å². The fourth-order valence-corrected chi connectivity index (χ4v) is 2.52. The second-order valence-electron chi connectivity index (χ2n) is 4.94. The highest BCUT2D eigenvalue weighted by Crippen LogP contribution is 2.34. The lowest BCUT2D eigenvalue weighted by Crippen LogP contribution is -2.19. The van der Waals surface area contributed by atoms with Gasteiger partial charge in [0.2, 0.25) is 6.79 Å². The minimum Gasteiger partial charge on any atom is -0.462 e. The Labute approximate surface area is 106 Å². The van der Waals surface area contributed by atoms with Gasteiger partial charge in [-0.25, -0.2) is 0 Å². The van der Waals surface area contributed by atoms with Crippen molar-refractivity contribution in [3.63, 3.8) is 0 Å². The van der Waals surface area contributed by atoms with Crippen molar-refractivity contribution in [2.45, 2.75) is 32.3 Å². The molecule has 1 aromatic rings. The van der Waals surface area contributed by atoms with Gasteiger partial charge in [0.15, 0.2) is 11.5 Å². The van der Waals surface area contributed by atoms with Gasteiger partial charge in [0.25, 0.3) is 0 Å². The van der Waals surface area contributed by atoms with Crippen molar-refractivity contribution >= 4 is 5.97 Å². The molecule has 2 atom stereocenters. The van der Waals surface area contributed by atoms with Crippen LogP contribution in [0.25, 0.3) is 0 Å². The van der Waals surface area contributed by atoms with E-state index >= 15 is 0 Å². The zero-order chi connectivity index (χ0) is 12.5. The number of hydrogen-bond donors (Lipinski definition) is 0. The third kappa shape index (κ3) is 2.15. The Morgan fingerprint density at radius 1 is 1.33 bits per heavy atom. The summed E-state index contributed by atoms with van der Waals surface area (Å²) in [5.74, 6) is 1.87. The van der Waals surface area contributed by atoms with Gasteiger partial charge in [-0.05, 0) is 36.5 Å². The van der Waals surface area contributed by atoms with Gasteiger partial charge in [0.1, 0.15) is 6.10 Å². The van der Waals surface area contributed by atoms with Crippen LogP contribution in [0.1, 0.15) is 25.3 Å². The van der Waals surface area contributed by atoms with E-state index in [2.05, 4.69) is 6.92 Å². The Balaban J connectivity index is 1.67. The van der Waals surface area contributed by atoms with E-state index in [1.54, 1.807) is 0 Å². The summed E-state index contributed by atoms with van der Waals surface area (Å²) in [5.41, 5.74) is 1.19. The fourth-order valence-electron chi connectivity index (χ4n) is 2.52. The quantitative estimate of drug-likeness (QED) is 0.770. The third-order valence-electron chi connectivity index (χ3n) is 3.55. The molecular weight excluding hydrogens is 232 g/mol. The van der Waals surface area contributed by atoms with Gasteiger partial charge in [-0.1, -0.05) is 13.0 Å². The number of rotatable bonds is 3. The molecule has 1 unspecified atom stereocenters. The standard InChI is InChI=1S/C14H16O4/c1-9(11-4-5-14(15)18-11)6-10-2-3-12-13(7-10)17-8-16-12/h2-3,7,9,11H,4-6,8H2,1H3/t9?,11-/m0/s1. The molecule has 0 aliphatic carbocycles. The van der Waals surface area contributed by atoms with Crippen LogP contribution in [0.3, 0.4) is 0 Å². The van der Waals surface area contributed by atoms with Crippen LogP contribution in [0.2, 0.25) is 0 Å². The lowest BCUT2D eigenvalue weighted by atomic mass is 9.94. The first-order valence-electron chi connectivity index (χ1n) is 6.30. The van der Waals surface area contributed by atoms with E-state index in [1.165, 1.54) is 5.56 Å². The van der Waals surface area contributed by atoms with Crippen molar-refractivity contribution < 1.29 is 19.0 Å². The molecule has 0 spiro atoms. The summed E-state index contributed by atoms with van der Waals surface area (Å²) in [4.78, 5) is 11.1. The van der Waals surface area contributed by atoms with Gasteiger partial charge in [-0.15, -0.1) is 0 Å². The first-order valence-corrected chi connectivity index (χ1v) is 6.30. The van der Waals surface area contributed by atoms with Crippen molar-refractivity contribution in [3.05, 3.63) is 23.8 Å². The van der Waals surface area contributed by atoms with E-state index < -0.39 is 0 Å². The van der Waals surface area contributed by atoms with Crippen LogP contribution in [0.15, 0.2) is 18.2 Å². The molecule has 0 amide bonds. The summed E-state index contributed by atoms with van der Waals surface area (Å²) < 4.78 is 15.9. The molecule has 0 radical (unpaired) electrons. The van der Waals surface area contributed by atoms with Crippen molar-refractivity contribution in [2.75, 3.05) is 6.79 Å². The topological polar surface area (TPSA) is 44.8 Å². The van der Waals surface area contributed by atoms with Crippen LogP contribution in [-0.4, -0.2) is 18.9 Å². The van der Waals surface area contributed by atoms with Crippen LogP contribution in [0.4, 0.5) is 0 Å². The molecule has 0 aromatic heterocycles. The second-order valence-corrected chi connectivity index (χ2v) is 4.94. The molecule has 3 rings (SSSR count). The molecule has 1 fully saturated rings. The number of benzene rings is 1. The number of carbonyl (C=O) groups is 1. The molecule has 4 heteroatoms. The summed E-state index contributed by atoms with van der Waals surface area (Å²) in [5, 5.41) is 0. The predicted octanol–water partition coefficient (Wildman–Crippen LogP) is 2.30. The van der Waals surface area contributed by atoms with Crippen LogP contribution < -0.4 is 9.47 Å². The number of cyclic esters (lactones) is 1. The van der Waals surface area contributed by atoms with E-state index in [1.807, 2.05) is 18.2 Å². The highest BCUT2D eigenvalue weighted by molar-refractivity contribution is 5.71. The Kier molecular flexibility index (Phi) is 2.86. The van der Waals surface area contributed by atoms with Gasteiger partial charge >= 0.3 is 5.97 Å². The summed E-state index contributed by atoms with van der Waals surface area (Å²) in [6, 6.07) is 5.99. The molecule has 2 aliphatic heterocycles. The molecule has 0 bridgehead atoms. The Morgan fingerprint density at radius 3 is 2.94 bits per heavy atom. The molecule has 96 valence electrons. The maximum Gasteiger partial charge on any atom is 0.306 e. The third-order valence-corrected chi connectivity index (χ3v) is 3.55. The van der Waals surface area contributed by atoms with Crippen molar-refractivity contribution in [3.8, 4) is 11.5 Å². The van der Waals surface area contributed by atoms with Crippen LogP contribution in [0, 0.1) is 5.92 Å². The maximum atomic E-state index is 11.1. The van der Waals surface area contributed by atoms with Gasteiger partial charge in [0.05, 0.1) is 0 Å². The van der Waals surface area contributed by atoms with Gasteiger partial charge in [-0.2, -0.15) is 0 Å². The summed E-state index contributed by atoms with van der Waals surface area (Å²) >= 11 is 0. The lowest BCUT2D eigenvalue weighted by Gasteiger charge is -2.18. The van der Waals surface area contributed by atoms with E-state index in [4.69, 9.17) is 14.2 Å². The molecule has 0 N–H and O–H groups in total. The summed E-state index contributed by atoms with van der Waals surface area (Å²) in [6.07, 6.45) is 2.33. The Bertz CT molecular complexity index is 469. The zero-order valence-corrected chi connectivity index (χ0v) is 10.3. The predicted molar refractivity (Wildman–Crippen MR) is 64.5 cm³/mol. The molecule has 0 saturated carbocycles.